The van der Waals surface area contributed by atoms with Gasteiger partial charge >= 0.3 is 10.4 Å². The molecule has 1 atom stereocenters. The number of rotatable bonds is 3. The third kappa shape index (κ3) is 3.27. The van der Waals surface area contributed by atoms with Crippen LogP contribution in [0.25, 0.3) is 0 Å². The summed E-state index contributed by atoms with van der Waals surface area (Å²) >= 11 is 0. The van der Waals surface area contributed by atoms with Crippen molar-refractivity contribution in [3.63, 3.8) is 0 Å². The maximum Gasteiger partial charge on any atom is 0.374 e. The largest absolute Gasteiger partial charge is 0.479 e. The molecule has 3 rings (SSSR count). The smallest absolute Gasteiger partial charge is 0.374 e. The Morgan fingerprint density at radius 2 is 2.00 bits per heavy atom. The van der Waals surface area contributed by atoms with Crippen molar-refractivity contribution in [2.75, 3.05) is 18.4 Å². The van der Waals surface area contributed by atoms with Crippen LogP contribution >= 0.6 is 0 Å². The number of carbonyl (C=O) groups is 2. The molecule has 0 radical (unpaired) electrons. The molecule has 1 fully saturated rings. The quantitative estimate of drug-likeness (QED) is 0.655. The summed E-state index contributed by atoms with van der Waals surface area (Å²) in [6.45, 7) is 1.60. The Morgan fingerprint density at radius 3 is 2.62 bits per heavy atom. The van der Waals surface area contributed by atoms with Gasteiger partial charge in [-0.3, -0.25) is 9.59 Å². The summed E-state index contributed by atoms with van der Waals surface area (Å²) in [6.07, 6.45) is -0.0659. The van der Waals surface area contributed by atoms with E-state index >= 15 is 0 Å². The number of carbonyl (C=O) groups excluding carboxylic acids is 2. The number of hydrogen-bond donors (Lipinski definition) is 1. The van der Waals surface area contributed by atoms with E-state index in [2.05, 4.69) is 5.32 Å². The van der Waals surface area contributed by atoms with Gasteiger partial charge in [-0.05, 0) is 38.0 Å². The van der Waals surface area contributed by atoms with Gasteiger partial charge in [0.25, 0.3) is 5.91 Å². The molecule has 2 aliphatic rings. The van der Waals surface area contributed by atoms with E-state index in [1.807, 2.05) is 0 Å². The minimum atomic E-state index is -4.71. The second-order valence-electron chi connectivity index (χ2n) is 5.94. The van der Waals surface area contributed by atoms with Gasteiger partial charge in [0, 0.05) is 24.6 Å². The van der Waals surface area contributed by atoms with Crippen LogP contribution in [0.15, 0.2) is 18.2 Å². The van der Waals surface area contributed by atoms with Gasteiger partial charge in [-0.2, -0.15) is 12.7 Å². The van der Waals surface area contributed by atoms with Gasteiger partial charge in [0.1, 0.15) is 5.75 Å². The van der Waals surface area contributed by atoms with Crippen molar-refractivity contribution >= 4 is 27.8 Å². The lowest BCUT2D eigenvalue weighted by Gasteiger charge is -2.28. The van der Waals surface area contributed by atoms with Gasteiger partial charge < -0.3 is 10.1 Å². The third-order valence-electron chi connectivity index (χ3n) is 4.33. The van der Waals surface area contributed by atoms with Crippen LogP contribution in [0.1, 0.15) is 30.1 Å². The molecule has 1 aromatic rings. The Hall–Kier alpha value is -2.00. The lowest BCUT2D eigenvalue weighted by molar-refractivity contribution is -0.122. The molecule has 0 aliphatic carbocycles. The number of Topliss-reactive ketones (excluding diaryl/α,β-unsaturated/α-hetero) is 1. The van der Waals surface area contributed by atoms with Crippen molar-refractivity contribution in [2.45, 2.75) is 25.9 Å². The van der Waals surface area contributed by atoms with E-state index < -0.39 is 16.5 Å². The summed E-state index contributed by atoms with van der Waals surface area (Å²) in [4.78, 5) is 24.2. The summed E-state index contributed by atoms with van der Waals surface area (Å²) in [7, 11) is -4.71. The zero-order chi connectivity index (χ0) is 17.5. The predicted octanol–water partition coefficient (Wildman–Crippen LogP) is 1.51. The fourth-order valence-electron chi connectivity index (χ4n) is 2.93. The average molecular weight is 356 g/mol. The molecule has 1 aromatic carbocycles. The molecule has 1 amide bonds. The first-order chi connectivity index (χ1) is 11.3. The number of fused-ring (bicyclic) bond motifs is 1. The highest BCUT2D eigenvalue weighted by atomic mass is 32.3. The number of hydrogen-bond acceptors (Lipinski definition) is 5. The van der Waals surface area contributed by atoms with Crippen LogP contribution in [0.3, 0.4) is 0 Å². The number of ether oxygens (including phenoxy) is 1. The van der Waals surface area contributed by atoms with Crippen molar-refractivity contribution in [3.8, 4) is 5.75 Å². The standard InChI is InChI=1S/C15H17FN2O5S/c1-9-15(20)17-12-8-11(2-3-13(12)23-9)14(19)10-4-6-18(7-5-10)24(16,21)22/h2-3,8-10H,4-7H2,1H3,(H,17,20). The summed E-state index contributed by atoms with van der Waals surface area (Å²) in [5.41, 5.74) is 0.849. The van der Waals surface area contributed by atoms with E-state index in [1.165, 1.54) is 0 Å². The Morgan fingerprint density at radius 1 is 1.33 bits per heavy atom. The Balaban J connectivity index is 1.73. The maximum atomic E-state index is 12.9. The average Bonchev–Trinajstić information content (AvgIpc) is 2.54. The summed E-state index contributed by atoms with van der Waals surface area (Å²) in [5.74, 6) is -0.313. The van der Waals surface area contributed by atoms with E-state index in [9.17, 15) is 21.9 Å². The first-order valence-electron chi connectivity index (χ1n) is 7.61. The molecule has 130 valence electrons. The van der Waals surface area contributed by atoms with Gasteiger partial charge in [0.05, 0.1) is 5.69 Å². The normalized spacial score (nSPS) is 22.4. The summed E-state index contributed by atoms with van der Waals surface area (Å²) < 4.78 is 40.9. The van der Waals surface area contributed by atoms with Crippen LogP contribution in [-0.2, 0) is 15.2 Å². The van der Waals surface area contributed by atoms with Gasteiger partial charge in [0.2, 0.25) is 0 Å². The molecule has 24 heavy (non-hydrogen) atoms. The number of nitrogens with zero attached hydrogens (tertiary/aromatic N) is 1. The van der Waals surface area contributed by atoms with Crippen LogP contribution in [0.4, 0.5) is 9.57 Å². The van der Waals surface area contributed by atoms with Crippen LogP contribution in [0.5, 0.6) is 5.75 Å². The molecular weight excluding hydrogens is 339 g/mol. The highest BCUT2D eigenvalue weighted by molar-refractivity contribution is 7.83. The van der Waals surface area contributed by atoms with Crippen LogP contribution in [-0.4, -0.2) is 43.6 Å². The summed E-state index contributed by atoms with van der Waals surface area (Å²) in [6, 6.07) is 4.79. The molecule has 0 aromatic heterocycles. The maximum absolute atomic E-state index is 12.9. The molecular formula is C15H17FN2O5S. The van der Waals surface area contributed by atoms with Gasteiger partial charge in [-0.15, -0.1) is 0 Å². The van der Waals surface area contributed by atoms with Crippen LogP contribution < -0.4 is 10.1 Å². The van der Waals surface area contributed by atoms with Crippen molar-refractivity contribution in [1.29, 1.82) is 0 Å². The van der Waals surface area contributed by atoms with Gasteiger partial charge in [-0.25, -0.2) is 0 Å². The number of anilines is 1. The Bertz CT molecular complexity index is 787. The molecule has 0 bridgehead atoms. The SMILES string of the molecule is CC1Oc2ccc(C(=O)C3CCN(S(=O)(=O)F)CC3)cc2NC1=O. The zero-order valence-corrected chi connectivity index (χ0v) is 13.8. The van der Waals surface area contributed by atoms with Crippen molar-refractivity contribution in [2.24, 2.45) is 5.92 Å². The topological polar surface area (TPSA) is 92.8 Å². The third-order valence-corrected chi connectivity index (χ3v) is 5.31. The number of amides is 1. The lowest BCUT2D eigenvalue weighted by Crippen LogP contribution is -2.38. The minimum absolute atomic E-state index is 0.0163. The predicted molar refractivity (Wildman–Crippen MR) is 83.8 cm³/mol. The number of benzene rings is 1. The van der Waals surface area contributed by atoms with Crippen molar-refractivity contribution < 1.29 is 26.6 Å². The Kier molecular flexibility index (Phi) is 4.31. The molecule has 9 heteroatoms. The van der Waals surface area contributed by atoms with Crippen LogP contribution in [0, 0.1) is 5.92 Å². The fourth-order valence-corrected chi connectivity index (χ4v) is 3.58. The van der Waals surface area contributed by atoms with E-state index in [0.29, 0.717) is 17.0 Å². The van der Waals surface area contributed by atoms with Crippen molar-refractivity contribution in [3.05, 3.63) is 23.8 Å². The second kappa shape index (κ2) is 6.14. The number of ketones is 1. The second-order valence-corrected chi connectivity index (χ2v) is 7.28. The highest BCUT2D eigenvalue weighted by Crippen LogP contribution is 2.32. The first kappa shape index (κ1) is 16.8. The number of piperidine rings is 1. The minimum Gasteiger partial charge on any atom is -0.479 e. The van der Waals surface area contributed by atoms with Gasteiger partial charge in [-0.1, -0.05) is 3.89 Å². The van der Waals surface area contributed by atoms with E-state index in [4.69, 9.17) is 4.74 Å². The molecule has 2 aliphatic heterocycles. The fraction of sp³-hybridized carbons (Fsp3) is 0.467. The number of nitrogens with one attached hydrogen (secondary N) is 1. The summed E-state index contributed by atoms with van der Waals surface area (Å²) in [5, 5.41) is 2.68. The lowest BCUT2D eigenvalue weighted by atomic mass is 9.89. The van der Waals surface area contributed by atoms with E-state index in [1.54, 1.807) is 25.1 Å². The first-order valence-corrected chi connectivity index (χ1v) is 8.95. The zero-order valence-electron chi connectivity index (χ0n) is 13.0. The molecule has 1 N–H and O–H groups in total. The van der Waals surface area contributed by atoms with Crippen molar-refractivity contribution in [1.82, 2.24) is 4.31 Å². The molecule has 2 heterocycles. The molecule has 0 spiro atoms. The molecule has 7 nitrogen and oxygen atoms in total. The number of halogens is 1. The molecule has 1 saturated heterocycles. The van der Waals surface area contributed by atoms with E-state index in [0.717, 1.165) is 4.31 Å². The van der Waals surface area contributed by atoms with Gasteiger partial charge in [0.15, 0.2) is 11.9 Å². The van der Waals surface area contributed by atoms with Crippen LogP contribution in [0.2, 0.25) is 0 Å². The highest BCUT2D eigenvalue weighted by Gasteiger charge is 2.32. The molecule has 0 saturated carbocycles. The van der Waals surface area contributed by atoms with E-state index in [-0.39, 0.29) is 43.5 Å². The Labute approximate surface area is 139 Å². The monoisotopic (exact) mass is 356 g/mol. The molecule has 1 unspecified atom stereocenters.